The van der Waals surface area contributed by atoms with E-state index in [9.17, 15) is 0 Å². The van der Waals surface area contributed by atoms with Crippen molar-refractivity contribution in [2.24, 2.45) is 11.3 Å². The topological polar surface area (TPSA) is 47.9 Å². The Kier molecular flexibility index (Phi) is 9.90. The molecule has 0 heterocycles. The van der Waals surface area contributed by atoms with E-state index >= 15 is 0 Å². The molecule has 0 bridgehead atoms. The van der Waals surface area contributed by atoms with E-state index in [1.54, 1.807) is 0 Å². The maximum atomic E-state index is 8.95. The van der Waals surface area contributed by atoms with Gasteiger partial charge in [-0.05, 0) is 45.4 Å². The van der Waals surface area contributed by atoms with Gasteiger partial charge >= 0.3 is 0 Å². The van der Waals surface area contributed by atoms with Crippen molar-refractivity contribution in [3.05, 3.63) is 0 Å². The molecule has 0 radical (unpaired) electrons. The van der Waals surface area contributed by atoms with Crippen LogP contribution >= 0.6 is 0 Å². The third-order valence-electron chi connectivity index (χ3n) is 4.06. The molecule has 1 N–H and O–H groups in total. The van der Waals surface area contributed by atoms with Crippen molar-refractivity contribution in [2.75, 3.05) is 19.8 Å². The number of aliphatic hydroxyl groups excluding tert-OH is 1. The van der Waals surface area contributed by atoms with E-state index in [-0.39, 0.29) is 35.9 Å². The molecule has 0 aromatic heterocycles. The van der Waals surface area contributed by atoms with Gasteiger partial charge in [0.2, 0.25) is 0 Å². The third kappa shape index (κ3) is 10.3. The SMILES string of the molecule is CC(CO)OCC(C)OCC(C)OC(C)(CC(C)(C)C)C(C)C. The lowest BCUT2D eigenvalue weighted by atomic mass is 9.77. The zero-order valence-corrected chi connectivity index (χ0v) is 16.8. The maximum Gasteiger partial charge on any atom is 0.0788 e. The Morgan fingerprint density at radius 3 is 1.70 bits per heavy atom. The monoisotopic (exact) mass is 332 g/mol. The van der Waals surface area contributed by atoms with Crippen molar-refractivity contribution in [3.8, 4) is 0 Å². The molecule has 4 unspecified atom stereocenters. The van der Waals surface area contributed by atoms with Gasteiger partial charge in [0.15, 0.2) is 0 Å². The molecule has 0 aliphatic rings. The minimum Gasteiger partial charge on any atom is -0.394 e. The van der Waals surface area contributed by atoms with E-state index in [0.717, 1.165) is 6.42 Å². The minimum atomic E-state index is -0.161. The summed E-state index contributed by atoms with van der Waals surface area (Å²) in [5.41, 5.74) is 0.0628. The van der Waals surface area contributed by atoms with Crippen LogP contribution in [-0.2, 0) is 14.2 Å². The lowest BCUT2D eigenvalue weighted by Gasteiger charge is -2.41. The van der Waals surface area contributed by atoms with Crippen LogP contribution in [0.5, 0.6) is 0 Å². The molecule has 4 nitrogen and oxygen atoms in total. The van der Waals surface area contributed by atoms with Crippen LogP contribution in [0.2, 0.25) is 0 Å². The van der Waals surface area contributed by atoms with Crippen molar-refractivity contribution in [2.45, 2.75) is 92.6 Å². The fraction of sp³-hybridized carbons (Fsp3) is 1.00. The second-order valence-electron chi connectivity index (χ2n) is 8.60. The van der Waals surface area contributed by atoms with Gasteiger partial charge < -0.3 is 19.3 Å². The quantitative estimate of drug-likeness (QED) is 0.620. The summed E-state index contributed by atoms with van der Waals surface area (Å²) in [6.07, 6.45) is 0.880. The van der Waals surface area contributed by atoms with Crippen LogP contribution in [0.25, 0.3) is 0 Å². The zero-order valence-electron chi connectivity index (χ0n) is 16.8. The summed E-state index contributed by atoms with van der Waals surface area (Å²) in [6.45, 7) is 20.3. The number of aliphatic hydroxyl groups is 1. The van der Waals surface area contributed by atoms with E-state index < -0.39 is 0 Å². The number of hydrogen-bond donors (Lipinski definition) is 1. The molecule has 4 atom stereocenters. The van der Waals surface area contributed by atoms with Crippen molar-refractivity contribution >= 4 is 0 Å². The van der Waals surface area contributed by atoms with Crippen LogP contribution in [-0.4, -0.2) is 48.8 Å². The van der Waals surface area contributed by atoms with Crippen LogP contribution < -0.4 is 0 Å². The summed E-state index contributed by atoms with van der Waals surface area (Å²) >= 11 is 0. The molecule has 0 saturated carbocycles. The smallest absolute Gasteiger partial charge is 0.0788 e. The highest BCUT2D eigenvalue weighted by Crippen LogP contribution is 2.36. The standard InChI is InChI=1S/C19H40O4/c1-14(2)19(9,13-18(6,7)8)23-17(5)12-22-16(4)11-21-15(3)10-20/h14-17,20H,10-13H2,1-9H3. The number of rotatable bonds is 11. The molecule has 0 rings (SSSR count). The van der Waals surface area contributed by atoms with Crippen LogP contribution in [0.1, 0.15) is 68.7 Å². The summed E-state index contributed by atoms with van der Waals surface area (Å²) < 4.78 is 17.7. The molecule has 4 heteroatoms. The summed E-state index contributed by atoms with van der Waals surface area (Å²) in [5.74, 6) is 0.440. The van der Waals surface area contributed by atoms with Gasteiger partial charge in [0.25, 0.3) is 0 Å². The fourth-order valence-corrected chi connectivity index (χ4v) is 2.63. The summed E-state index contributed by atoms with van der Waals surface area (Å²) in [5, 5.41) is 8.95. The molecule has 0 saturated heterocycles. The first kappa shape index (κ1) is 22.8. The second kappa shape index (κ2) is 9.97. The molecule has 0 aliphatic heterocycles. The fourth-order valence-electron chi connectivity index (χ4n) is 2.63. The predicted octanol–water partition coefficient (Wildman–Crippen LogP) is 4.04. The lowest BCUT2D eigenvalue weighted by molar-refractivity contribution is -0.150. The van der Waals surface area contributed by atoms with Crippen LogP contribution in [0.4, 0.5) is 0 Å². The highest BCUT2D eigenvalue weighted by molar-refractivity contribution is 4.85. The van der Waals surface area contributed by atoms with E-state index in [4.69, 9.17) is 19.3 Å². The van der Waals surface area contributed by atoms with Gasteiger partial charge in [0, 0.05) is 0 Å². The average Bonchev–Trinajstić information content (AvgIpc) is 2.40. The Morgan fingerprint density at radius 1 is 0.783 bits per heavy atom. The highest BCUT2D eigenvalue weighted by atomic mass is 16.6. The summed E-state index contributed by atoms with van der Waals surface area (Å²) in [6, 6.07) is 0. The van der Waals surface area contributed by atoms with Gasteiger partial charge in [-0.2, -0.15) is 0 Å². The molecule has 0 aromatic carbocycles. The van der Waals surface area contributed by atoms with Crippen LogP contribution in [0.15, 0.2) is 0 Å². The van der Waals surface area contributed by atoms with Gasteiger partial charge in [0.05, 0.1) is 43.7 Å². The van der Waals surface area contributed by atoms with Gasteiger partial charge in [-0.15, -0.1) is 0 Å². The van der Waals surface area contributed by atoms with Gasteiger partial charge in [-0.1, -0.05) is 34.6 Å². The van der Waals surface area contributed by atoms with Gasteiger partial charge in [-0.3, -0.25) is 0 Å². The van der Waals surface area contributed by atoms with Crippen molar-refractivity contribution < 1.29 is 19.3 Å². The van der Waals surface area contributed by atoms with Crippen LogP contribution in [0, 0.1) is 11.3 Å². The second-order valence-corrected chi connectivity index (χ2v) is 8.60. The molecule has 0 spiro atoms. The number of hydrogen-bond acceptors (Lipinski definition) is 4. The summed E-state index contributed by atoms with van der Waals surface area (Å²) in [7, 11) is 0. The maximum absolute atomic E-state index is 8.95. The third-order valence-corrected chi connectivity index (χ3v) is 4.06. The summed E-state index contributed by atoms with van der Waals surface area (Å²) in [4.78, 5) is 0. The number of ether oxygens (including phenoxy) is 3. The first-order chi connectivity index (χ1) is 10.4. The Hall–Kier alpha value is -0.160. The molecule has 0 aliphatic carbocycles. The molecule has 140 valence electrons. The normalized spacial score (nSPS) is 19.4. The molecular formula is C19H40O4. The van der Waals surface area contributed by atoms with E-state index in [1.165, 1.54) is 0 Å². The first-order valence-electron chi connectivity index (χ1n) is 8.91. The first-order valence-corrected chi connectivity index (χ1v) is 8.91. The Bertz CT molecular complexity index is 311. The highest BCUT2D eigenvalue weighted by Gasteiger charge is 2.35. The van der Waals surface area contributed by atoms with E-state index in [0.29, 0.717) is 19.1 Å². The minimum absolute atomic E-state index is 0.0111. The van der Waals surface area contributed by atoms with Crippen molar-refractivity contribution in [1.82, 2.24) is 0 Å². The lowest BCUT2D eigenvalue weighted by Crippen LogP contribution is -2.42. The molecule has 0 amide bonds. The van der Waals surface area contributed by atoms with Gasteiger partial charge in [0.1, 0.15) is 0 Å². The zero-order chi connectivity index (χ0) is 18.3. The Labute approximate surface area is 143 Å². The Morgan fingerprint density at radius 2 is 1.26 bits per heavy atom. The molecule has 0 fully saturated rings. The molecular weight excluding hydrogens is 292 g/mol. The van der Waals surface area contributed by atoms with Crippen molar-refractivity contribution in [3.63, 3.8) is 0 Å². The Balaban J connectivity index is 4.35. The molecule has 23 heavy (non-hydrogen) atoms. The van der Waals surface area contributed by atoms with E-state index in [2.05, 4.69) is 48.5 Å². The van der Waals surface area contributed by atoms with Crippen LogP contribution in [0.3, 0.4) is 0 Å². The van der Waals surface area contributed by atoms with Crippen molar-refractivity contribution in [1.29, 1.82) is 0 Å². The van der Waals surface area contributed by atoms with E-state index in [1.807, 2.05) is 13.8 Å². The van der Waals surface area contributed by atoms with Gasteiger partial charge in [-0.25, -0.2) is 0 Å². The predicted molar refractivity (Wildman–Crippen MR) is 95.8 cm³/mol. The largest absolute Gasteiger partial charge is 0.394 e. The molecule has 0 aromatic rings. The average molecular weight is 333 g/mol.